The number of aromatic nitrogens is 1. The first-order valence-corrected chi connectivity index (χ1v) is 11.7. The molecule has 2 aliphatic heterocycles. The second-order valence-electron chi connectivity index (χ2n) is 8.11. The first-order valence-electron chi connectivity index (χ1n) is 10.8. The second-order valence-corrected chi connectivity index (χ2v) is 9.15. The van der Waals surface area contributed by atoms with Gasteiger partial charge in [0.05, 0.1) is 5.57 Å². The number of aliphatic imine (C=N–C) groups is 1. The molecule has 0 atom stereocenters. The van der Waals surface area contributed by atoms with Gasteiger partial charge in [-0.2, -0.15) is 15.1 Å². The second kappa shape index (κ2) is 8.79. The van der Waals surface area contributed by atoms with E-state index < -0.39 is 5.91 Å². The van der Waals surface area contributed by atoms with E-state index in [1.54, 1.807) is 6.08 Å². The molecule has 0 saturated heterocycles. The number of amides is 1. The van der Waals surface area contributed by atoms with Crippen LogP contribution in [0.3, 0.4) is 0 Å². The number of amidine groups is 2. The van der Waals surface area contributed by atoms with Crippen LogP contribution in [-0.2, 0) is 4.79 Å². The van der Waals surface area contributed by atoms with Crippen molar-refractivity contribution in [2.45, 2.75) is 20.8 Å². The zero-order chi connectivity index (χ0) is 23.8. The lowest BCUT2D eigenvalue weighted by molar-refractivity contribution is -0.114. The molecule has 3 aromatic rings. The molecule has 0 saturated carbocycles. The Morgan fingerprint density at radius 1 is 1.06 bits per heavy atom. The quantitative estimate of drug-likeness (QED) is 0.527. The summed E-state index contributed by atoms with van der Waals surface area (Å²) in [6, 6.07) is 19.8. The maximum atomic E-state index is 12.8. The summed E-state index contributed by atoms with van der Waals surface area (Å²) < 4.78 is 7.89. The number of hydrogen-bond acceptors (Lipinski definition) is 5. The molecule has 170 valence electrons. The number of fused-ring (bicyclic) bond motifs is 1. The topological polar surface area (TPSA) is 83.0 Å². The van der Waals surface area contributed by atoms with Crippen LogP contribution in [0.2, 0.25) is 0 Å². The molecule has 0 radical (unpaired) electrons. The molecule has 0 aliphatic carbocycles. The highest BCUT2D eigenvalue weighted by Crippen LogP contribution is 2.30. The third-order valence-corrected chi connectivity index (χ3v) is 6.55. The number of hydrogen-bond donors (Lipinski definition) is 1. The highest BCUT2D eigenvalue weighted by Gasteiger charge is 2.36. The largest absolute Gasteiger partial charge is 0.487 e. The Labute approximate surface area is 202 Å². The molecular weight excluding hydrogens is 446 g/mol. The fraction of sp³-hybridized carbons (Fsp3) is 0.154. The first-order chi connectivity index (χ1) is 16.4. The minimum Gasteiger partial charge on any atom is -0.487 e. The first kappa shape index (κ1) is 21.9. The lowest BCUT2D eigenvalue weighted by Crippen LogP contribution is -2.35. The zero-order valence-corrected chi connectivity index (χ0v) is 19.9. The highest BCUT2D eigenvalue weighted by atomic mass is 32.2. The molecule has 2 aliphatic rings. The Balaban J connectivity index is 1.41. The average molecular weight is 470 g/mol. The normalized spacial score (nSPS) is 16.6. The summed E-state index contributed by atoms with van der Waals surface area (Å²) in [5, 5.41) is 15.5. The third-order valence-electron chi connectivity index (χ3n) is 5.66. The highest BCUT2D eigenvalue weighted by molar-refractivity contribution is 8.27. The molecule has 2 aromatic carbocycles. The summed E-state index contributed by atoms with van der Waals surface area (Å²) in [6.07, 6.45) is 1.73. The van der Waals surface area contributed by atoms with Crippen molar-refractivity contribution in [1.82, 2.24) is 9.58 Å². The van der Waals surface area contributed by atoms with E-state index in [-0.39, 0.29) is 18.0 Å². The number of para-hydroxylation sites is 1. The molecule has 1 amide bonds. The van der Waals surface area contributed by atoms with Gasteiger partial charge in [0.2, 0.25) is 5.17 Å². The van der Waals surface area contributed by atoms with E-state index in [0.29, 0.717) is 10.2 Å². The molecule has 0 spiro atoms. The third kappa shape index (κ3) is 4.08. The Kier molecular flexibility index (Phi) is 5.67. The minimum absolute atomic E-state index is 0.0114. The molecule has 1 N–H and O–H groups in total. The Morgan fingerprint density at radius 2 is 1.79 bits per heavy atom. The fourth-order valence-electron chi connectivity index (χ4n) is 3.93. The summed E-state index contributed by atoms with van der Waals surface area (Å²) in [5.41, 5.74) is 5.36. The number of rotatable bonds is 5. The number of carbonyl (C=O) groups excluding carboxylic acids is 1. The molecule has 8 heteroatoms. The summed E-state index contributed by atoms with van der Waals surface area (Å²) in [4.78, 5) is 17.0. The molecule has 3 heterocycles. The van der Waals surface area contributed by atoms with Crippen LogP contribution in [0.1, 0.15) is 22.5 Å². The number of ether oxygens (including phenoxy) is 1. The van der Waals surface area contributed by atoms with Gasteiger partial charge in [0.15, 0.2) is 5.84 Å². The monoisotopic (exact) mass is 469 g/mol. The molecule has 1 aromatic heterocycles. The van der Waals surface area contributed by atoms with Crippen molar-refractivity contribution in [3.05, 3.63) is 88.8 Å². The van der Waals surface area contributed by atoms with E-state index in [0.717, 1.165) is 28.4 Å². The smallest absolute Gasteiger partial charge is 0.283 e. The summed E-state index contributed by atoms with van der Waals surface area (Å²) in [5.74, 6) is 0.301. The van der Waals surface area contributed by atoms with Crippen LogP contribution in [0.4, 0.5) is 0 Å². The van der Waals surface area contributed by atoms with Gasteiger partial charge in [0, 0.05) is 17.1 Å². The SMILES string of the molecule is Cc1ccc(-n2c(C)cc(/C=C3\C(=N)N4N=C(COc5ccccc5)SC4=NC3=O)c2C)cc1. The standard InChI is InChI=1S/C26H23N5O2S/c1-16-9-11-20(12-10-16)30-17(2)13-19(18(30)3)14-22-24(27)31-26(28-25(22)32)34-23(29-31)15-33-21-7-5-4-6-8-21/h4-14,27H,15H2,1-3H3/b22-14+,27-24?. The van der Waals surface area contributed by atoms with Crippen molar-refractivity contribution in [2.75, 3.05) is 6.61 Å². The van der Waals surface area contributed by atoms with Crippen LogP contribution < -0.4 is 4.74 Å². The molecule has 0 unspecified atom stereocenters. The number of nitrogens with one attached hydrogen (secondary N) is 1. The van der Waals surface area contributed by atoms with Crippen molar-refractivity contribution in [3.8, 4) is 11.4 Å². The number of thioether (sulfide) groups is 1. The summed E-state index contributed by atoms with van der Waals surface area (Å²) in [7, 11) is 0. The van der Waals surface area contributed by atoms with E-state index in [2.05, 4.69) is 45.9 Å². The van der Waals surface area contributed by atoms with Crippen LogP contribution in [0, 0.1) is 26.2 Å². The molecule has 5 rings (SSSR count). The van der Waals surface area contributed by atoms with Gasteiger partial charge in [-0.1, -0.05) is 35.9 Å². The predicted octanol–water partition coefficient (Wildman–Crippen LogP) is 5.10. The number of nitrogens with zero attached hydrogens (tertiary/aromatic N) is 4. The molecular formula is C26H23N5O2S. The summed E-state index contributed by atoms with van der Waals surface area (Å²) in [6.45, 7) is 6.33. The summed E-state index contributed by atoms with van der Waals surface area (Å²) >= 11 is 1.25. The fourth-order valence-corrected chi connectivity index (χ4v) is 4.73. The lowest BCUT2D eigenvalue weighted by atomic mass is 10.1. The minimum atomic E-state index is -0.440. The van der Waals surface area contributed by atoms with Gasteiger partial charge >= 0.3 is 0 Å². The average Bonchev–Trinajstić information content (AvgIpc) is 3.36. The number of benzene rings is 2. The van der Waals surface area contributed by atoms with E-state index in [1.165, 1.54) is 22.3 Å². The number of aryl methyl sites for hydroxylation is 2. The van der Waals surface area contributed by atoms with Gasteiger partial charge in [-0.05, 0) is 74.5 Å². The van der Waals surface area contributed by atoms with E-state index in [9.17, 15) is 4.79 Å². The van der Waals surface area contributed by atoms with Gasteiger partial charge in [-0.15, -0.1) is 0 Å². The maximum Gasteiger partial charge on any atom is 0.283 e. The van der Waals surface area contributed by atoms with Crippen molar-refractivity contribution < 1.29 is 9.53 Å². The van der Waals surface area contributed by atoms with Crippen LogP contribution >= 0.6 is 11.8 Å². The van der Waals surface area contributed by atoms with E-state index in [4.69, 9.17) is 10.1 Å². The predicted molar refractivity (Wildman–Crippen MR) is 137 cm³/mol. The molecule has 34 heavy (non-hydrogen) atoms. The number of hydrazone groups is 1. The van der Waals surface area contributed by atoms with Crippen molar-refractivity contribution >= 4 is 39.8 Å². The van der Waals surface area contributed by atoms with Gasteiger partial charge in [0.1, 0.15) is 17.4 Å². The van der Waals surface area contributed by atoms with Crippen molar-refractivity contribution in [1.29, 1.82) is 5.41 Å². The van der Waals surface area contributed by atoms with E-state index >= 15 is 0 Å². The Bertz CT molecular complexity index is 1380. The Morgan fingerprint density at radius 3 is 2.53 bits per heavy atom. The Hall–Kier alpha value is -3.91. The van der Waals surface area contributed by atoms with E-state index in [1.807, 2.05) is 50.2 Å². The molecule has 7 nitrogen and oxygen atoms in total. The van der Waals surface area contributed by atoms with Crippen LogP contribution in [-0.4, -0.2) is 38.1 Å². The zero-order valence-electron chi connectivity index (χ0n) is 19.1. The van der Waals surface area contributed by atoms with Crippen molar-refractivity contribution in [3.63, 3.8) is 0 Å². The van der Waals surface area contributed by atoms with Crippen LogP contribution in [0.5, 0.6) is 5.75 Å². The van der Waals surface area contributed by atoms with Gasteiger partial charge in [-0.25, -0.2) is 0 Å². The maximum absolute atomic E-state index is 12.8. The van der Waals surface area contributed by atoms with Gasteiger partial charge < -0.3 is 9.30 Å². The molecule has 0 bridgehead atoms. The lowest BCUT2D eigenvalue weighted by Gasteiger charge is -2.20. The van der Waals surface area contributed by atoms with Crippen LogP contribution in [0.25, 0.3) is 11.8 Å². The number of carbonyl (C=O) groups is 1. The van der Waals surface area contributed by atoms with Crippen molar-refractivity contribution in [2.24, 2.45) is 10.1 Å². The van der Waals surface area contributed by atoms with Gasteiger partial charge in [-0.3, -0.25) is 10.2 Å². The van der Waals surface area contributed by atoms with Crippen LogP contribution in [0.15, 0.2) is 76.3 Å². The van der Waals surface area contributed by atoms with Gasteiger partial charge in [0.25, 0.3) is 5.91 Å². The molecule has 0 fully saturated rings.